The predicted molar refractivity (Wildman–Crippen MR) is 69.6 cm³/mol. The number of β-amino-alcohol motifs (C(OH)–C–C–N with tert-alkyl or cyclic N) is 1. The molecule has 1 atom stereocenters. The van der Waals surface area contributed by atoms with E-state index in [2.05, 4.69) is 4.90 Å². The van der Waals surface area contributed by atoms with Gasteiger partial charge in [-0.25, -0.2) is 0 Å². The van der Waals surface area contributed by atoms with E-state index in [0.717, 1.165) is 31.7 Å². The number of nitrogens with zero attached hydrogens (tertiary/aromatic N) is 1. The van der Waals surface area contributed by atoms with E-state index in [0.29, 0.717) is 13.2 Å². The summed E-state index contributed by atoms with van der Waals surface area (Å²) in [6.07, 6.45) is 0.942. The van der Waals surface area contributed by atoms with Crippen LogP contribution in [-0.2, 0) is 0 Å². The summed E-state index contributed by atoms with van der Waals surface area (Å²) in [5.41, 5.74) is 0. The second-order valence-electron chi connectivity index (χ2n) is 4.81. The standard InChI is InChI=1S/C14H21NO3/c16-12-6-8-15(9-7-12)10-13(17)11-18-14-4-2-1-3-5-14/h1-5,12-13,16-17H,6-11H2. The minimum atomic E-state index is -0.486. The first-order chi connectivity index (χ1) is 8.74. The first-order valence-corrected chi connectivity index (χ1v) is 6.50. The van der Waals surface area contributed by atoms with Crippen LogP contribution in [0.25, 0.3) is 0 Å². The molecule has 0 aliphatic carbocycles. The second-order valence-corrected chi connectivity index (χ2v) is 4.81. The van der Waals surface area contributed by atoms with Crippen molar-refractivity contribution < 1.29 is 14.9 Å². The normalized spacial score (nSPS) is 19.7. The molecule has 0 aromatic heterocycles. The average Bonchev–Trinajstić information content (AvgIpc) is 2.40. The summed E-state index contributed by atoms with van der Waals surface area (Å²) in [5, 5.41) is 19.3. The van der Waals surface area contributed by atoms with Crippen LogP contribution in [-0.4, -0.2) is 53.6 Å². The van der Waals surface area contributed by atoms with Crippen LogP contribution >= 0.6 is 0 Å². The number of likely N-dealkylation sites (tertiary alicyclic amines) is 1. The Bertz CT molecular complexity index is 336. The van der Waals surface area contributed by atoms with Crippen LogP contribution in [0.3, 0.4) is 0 Å². The summed E-state index contributed by atoms with van der Waals surface area (Å²) in [6, 6.07) is 9.51. The van der Waals surface area contributed by atoms with Crippen LogP contribution in [0.2, 0.25) is 0 Å². The topological polar surface area (TPSA) is 52.9 Å². The first kappa shape index (κ1) is 13.3. The fourth-order valence-corrected chi connectivity index (χ4v) is 2.16. The lowest BCUT2D eigenvalue weighted by molar-refractivity contribution is 0.0338. The van der Waals surface area contributed by atoms with E-state index < -0.39 is 6.10 Å². The summed E-state index contributed by atoms with van der Waals surface area (Å²) in [5.74, 6) is 0.783. The minimum Gasteiger partial charge on any atom is -0.491 e. The highest BCUT2D eigenvalue weighted by atomic mass is 16.5. The van der Waals surface area contributed by atoms with Crippen molar-refractivity contribution in [3.63, 3.8) is 0 Å². The van der Waals surface area contributed by atoms with Crippen molar-refractivity contribution in [2.75, 3.05) is 26.2 Å². The van der Waals surface area contributed by atoms with Crippen LogP contribution in [0.15, 0.2) is 30.3 Å². The summed E-state index contributed by atoms with van der Waals surface area (Å²) in [6.45, 7) is 2.62. The van der Waals surface area contributed by atoms with Gasteiger partial charge in [-0.05, 0) is 25.0 Å². The highest BCUT2D eigenvalue weighted by Crippen LogP contribution is 2.11. The molecular weight excluding hydrogens is 230 g/mol. The van der Waals surface area contributed by atoms with Crippen molar-refractivity contribution in [2.45, 2.75) is 25.0 Å². The van der Waals surface area contributed by atoms with Crippen LogP contribution < -0.4 is 4.74 Å². The maximum Gasteiger partial charge on any atom is 0.119 e. The van der Waals surface area contributed by atoms with Gasteiger partial charge in [-0.2, -0.15) is 0 Å². The smallest absolute Gasteiger partial charge is 0.119 e. The molecule has 0 saturated carbocycles. The van der Waals surface area contributed by atoms with Gasteiger partial charge in [0.05, 0.1) is 6.10 Å². The van der Waals surface area contributed by atoms with Crippen molar-refractivity contribution in [3.8, 4) is 5.75 Å². The predicted octanol–water partition coefficient (Wildman–Crippen LogP) is 0.883. The Morgan fingerprint density at radius 2 is 1.89 bits per heavy atom. The molecule has 1 unspecified atom stereocenters. The molecule has 2 rings (SSSR count). The van der Waals surface area contributed by atoms with Crippen molar-refractivity contribution in [2.24, 2.45) is 0 Å². The molecule has 18 heavy (non-hydrogen) atoms. The van der Waals surface area contributed by atoms with E-state index in [1.807, 2.05) is 30.3 Å². The van der Waals surface area contributed by atoms with E-state index in [1.54, 1.807) is 0 Å². The van der Waals surface area contributed by atoms with Gasteiger partial charge in [0.25, 0.3) is 0 Å². The minimum absolute atomic E-state index is 0.168. The van der Waals surface area contributed by atoms with Gasteiger partial charge in [0.15, 0.2) is 0 Å². The van der Waals surface area contributed by atoms with Crippen molar-refractivity contribution in [3.05, 3.63) is 30.3 Å². The van der Waals surface area contributed by atoms with Gasteiger partial charge in [-0.1, -0.05) is 18.2 Å². The molecule has 1 fully saturated rings. The molecule has 0 spiro atoms. The molecule has 2 N–H and O–H groups in total. The number of para-hydroxylation sites is 1. The van der Waals surface area contributed by atoms with E-state index in [1.165, 1.54) is 0 Å². The van der Waals surface area contributed by atoms with Crippen molar-refractivity contribution >= 4 is 0 Å². The quantitative estimate of drug-likeness (QED) is 0.816. The van der Waals surface area contributed by atoms with Crippen molar-refractivity contribution in [1.82, 2.24) is 4.90 Å². The van der Waals surface area contributed by atoms with Crippen LogP contribution in [0, 0.1) is 0 Å². The number of rotatable bonds is 5. The number of hydrogen-bond donors (Lipinski definition) is 2. The highest BCUT2D eigenvalue weighted by molar-refractivity contribution is 5.20. The zero-order valence-electron chi connectivity index (χ0n) is 10.5. The Kier molecular flexibility index (Phi) is 4.99. The van der Waals surface area contributed by atoms with E-state index in [4.69, 9.17) is 4.74 Å². The molecule has 1 aromatic rings. The Hall–Kier alpha value is -1.10. The van der Waals surface area contributed by atoms with Gasteiger partial charge in [0.2, 0.25) is 0 Å². The molecule has 1 aliphatic rings. The molecule has 1 saturated heterocycles. The van der Waals surface area contributed by atoms with Crippen LogP contribution in [0.4, 0.5) is 0 Å². The van der Waals surface area contributed by atoms with E-state index >= 15 is 0 Å². The van der Waals surface area contributed by atoms with E-state index in [-0.39, 0.29) is 6.10 Å². The van der Waals surface area contributed by atoms with Gasteiger partial charge in [0, 0.05) is 19.6 Å². The Labute approximate surface area is 108 Å². The zero-order valence-corrected chi connectivity index (χ0v) is 10.5. The molecule has 1 aliphatic heterocycles. The van der Waals surface area contributed by atoms with Gasteiger partial charge < -0.3 is 19.8 Å². The lowest BCUT2D eigenvalue weighted by Gasteiger charge is -2.30. The Morgan fingerprint density at radius 3 is 2.56 bits per heavy atom. The molecular formula is C14H21NO3. The number of aliphatic hydroxyl groups excluding tert-OH is 2. The van der Waals surface area contributed by atoms with Gasteiger partial charge >= 0.3 is 0 Å². The summed E-state index contributed by atoms with van der Waals surface area (Å²) < 4.78 is 5.50. The maximum atomic E-state index is 9.90. The second kappa shape index (κ2) is 6.73. The zero-order chi connectivity index (χ0) is 12.8. The summed E-state index contributed by atoms with van der Waals surface area (Å²) in [7, 11) is 0. The summed E-state index contributed by atoms with van der Waals surface area (Å²) in [4.78, 5) is 2.17. The number of ether oxygens (including phenoxy) is 1. The van der Waals surface area contributed by atoms with Crippen LogP contribution in [0.1, 0.15) is 12.8 Å². The highest BCUT2D eigenvalue weighted by Gasteiger charge is 2.19. The molecule has 4 heteroatoms. The fourth-order valence-electron chi connectivity index (χ4n) is 2.16. The Balaban J connectivity index is 1.67. The van der Waals surface area contributed by atoms with Gasteiger partial charge in [0.1, 0.15) is 18.5 Å². The molecule has 0 radical (unpaired) electrons. The number of benzene rings is 1. The van der Waals surface area contributed by atoms with Gasteiger partial charge in [-0.3, -0.25) is 0 Å². The lowest BCUT2D eigenvalue weighted by Crippen LogP contribution is -2.41. The lowest BCUT2D eigenvalue weighted by atomic mass is 10.1. The van der Waals surface area contributed by atoms with E-state index in [9.17, 15) is 10.2 Å². The van der Waals surface area contributed by atoms with Crippen LogP contribution in [0.5, 0.6) is 5.75 Å². The third-order valence-electron chi connectivity index (χ3n) is 3.21. The molecule has 100 valence electrons. The monoisotopic (exact) mass is 251 g/mol. The third-order valence-corrected chi connectivity index (χ3v) is 3.21. The molecule has 1 heterocycles. The third kappa shape index (κ3) is 4.29. The molecule has 0 bridgehead atoms. The molecule has 0 amide bonds. The number of piperidine rings is 1. The van der Waals surface area contributed by atoms with Gasteiger partial charge in [-0.15, -0.1) is 0 Å². The average molecular weight is 251 g/mol. The molecule has 1 aromatic carbocycles. The fraction of sp³-hybridized carbons (Fsp3) is 0.571. The Morgan fingerprint density at radius 1 is 1.22 bits per heavy atom. The largest absolute Gasteiger partial charge is 0.491 e. The number of hydrogen-bond acceptors (Lipinski definition) is 4. The SMILES string of the molecule is OC1CCN(CC(O)COc2ccccc2)CC1. The maximum absolute atomic E-state index is 9.90. The number of aliphatic hydroxyl groups is 2. The molecule has 4 nitrogen and oxygen atoms in total. The summed E-state index contributed by atoms with van der Waals surface area (Å²) >= 11 is 0. The van der Waals surface area contributed by atoms with Crippen molar-refractivity contribution in [1.29, 1.82) is 0 Å². The first-order valence-electron chi connectivity index (χ1n) is 6.50.